The molecule has 0 spiro atoms. The van der Waals surface area contributed by atoms with Gasteiger partial charge in [0, 0.05) is 6.54 Å². The maximum absolute atomic E-state index is 5.97. The van der Waals surface area contributed by atoms with Crippen LogP contribution in [0.25, 0.3) is 0 Å². The van der Waals surface area contributed by atoms with E-state index in [2.05, 4.69) is 16.8 Å². The Labute approximate surface area is 102 Å². The van der Waals surface area contributed by atoms with Crippen LogP contribution in [-0.2, 0) is 11.4 Å². The molecule has 1 unspecified atom stereocenters. The zero-order chi connectivity index (χ0) is 12.1. The highest BCUT2D eigenvalue weighted by Crippen LogP contribution is 2.19. The Kier molecular flexibility index (Phi) is 4.36. The summed E-state index contributed by atoms with van der Waals surface area (Å²) in [6, 6.07) is 7.92. The zero-order valence-corrected chi connectivity index (χ0v) is 10.3. The normalized spacial score (nSPS) is 21.4. The number of likely N-dealkylation sites (tertiary alicyclic amines) is 1. The molecule has 0 aliphatic carbocycles. The first-order chi connectivity index (χ1) is 8.28. The number of piperidine rings is 1. The third-order valence-electron chi connectivity index (χ3n) is 3.03. The number of nitrogens with zero attached hydrogens (tertiary/aromatic N) is 1. The van der Waals surface area contributed by atoms with Crippen molar-refractivity contribution in [1.82, 2.24) is 4.90 Å². The van der Waals surface area contributed by atoms with Crippen molar-refractivity contribution < 1.29 is 9.57 Å². The largest absolute Gasteiger partial charge is 0.489 e. The summed E-state index contributed by atoms with van der Waals surface area (Å²) in [5, 5.41) is 0. The van der Waals surface area contributed by atoms with Gasteiger partial charge in [0.15, 0.2) is 0 Å². The molecule has 0 saturated carbocycles. The second-order valence-corrected chi connectivity index (χ2v) is 4.60. The summed E-state index contributed by atoms with van der Waals surface area (Å²) in [6.07, 6.45) is 2.62. The summed E-state index contributed by atoms with van der Waals surface area (Å²) >= 11 is 0. The lowest BCUT2D eigenvalue weighted by atomic mass is 10.1. The van der Waals surface area contributed by atoms with E-state index in [-0.39, 0.29) is 0 Å². The Morgan fingerprint density at radius 1 is 1.47 bits per heavy atom. The van der Waals surface area contributed by atoms with Crippen LogP contribution in [-0.4, -0.2) is 31.1 Å². The van der Waals surface area contributed by atoms with Gasteiger partial charge in [0.25, 0.3) is 0 Å². The second-order valence-electron chi connectivity index (χ2n) is 4.60. The van der Waals surface area contributed by atoms with Crippen molar-refractivity contribution in [3.05, 3.63) is 29.8 Å². The fourth-order valence-corrected chi connectivity index (χ4v) is 2.21. The van der Waals surface area contributed by atoms with Crippen LogP contribution in [0.5, 0.6) is 5.75 Å². The van der Waals surface area contributed by atoms with Gasteiger partial charge in [-0.05, 0) is 44.1 Å². The molecule has 1 heterocycles. The highest BCUT2D eigenvalue weighted by atomic mass is 16.6. The summed E-state index contributed by atoms with van der Waals surface area (Å²) in [7, 11) is 2.13. The number of ether oxygens (including phenoxy) is 1. The summed E-state index contributed by atoms with van der Waals surface area (Å²) in [5.41, 5.74) is 1.04. The van der Waals surface area contributed by atoms with E-state index in [0.717, 1.165) is 24.3 Å². The average Bonchev–Trinajstić information content (AvgIpc) is 2.30. The van der Waals surface area contributed by atoms with Gasteiger partial charge in [-0.3, -0.25) is 4.84 Å². The van der Waals surface area contributed by atoms with E-state index in [4.69, 9.17) is 10.6 Å². The van der Waals surface area contributed by atoms with Gasteiger partial charge >= 0.3 is 0 Å². The van der Waals surface area contributed by atoms with E-state index >= 15 is 0 Å². The Morgan fingerprint density at radius 2 is 2.35 bits per heavy atom. The molecule has 2 N–H and O–H groups in total. The number of likely N-dealkylation sites (N-methyl/N-ethyl adjacent to an activating group) is 1. The van der Waals surface area contributed by atoms with Crippen molar-refractivity contribution in [2.45, 2.75) is 25.6 Å². The van der Waals surface area contributed by atoms with Gasteiger partial charge in [0.1, 0.15) is 11.9 Å². The molecule has 1 fully saturated rings. The van der Waals surface area contributed by atoms with E-state index in [1.54, 1.807) is 0 Å². The fraction of sp³-hybridized carbons (Fsp3) is 0.538. The number of hydrogen-bond donors (Lipinski definition) is 1. The standard InChI is InChI=1S/C13H20N2O2/c1-15-7-3-6-13(9-15)17-12-5-2-4-11(8-12)10-16-14/h2,4-5,8,13H,3,6-7,9-10,14H2,1H3. The number of nitrogens with two attached hydrogens (primary N) is 1. The number of rotatable bonds is 4. The van der Waals surface area contributed by atoms with Crippen LogP contribution in [0.3, 0.4) is 0 Å². The third-order valence-corrected chi connectivity index (χ3v) is 3.03. The molecular formula is C13H20N2O2. The quantitative estimate of drug-likeness (QED) is 0.806. The fourth-order valence-electron chi connectivity index (χ4n) is 2.21. The van der Waals surface area contributed by atoms with Crippen LogP contribution in [0.4, 0.5) is 0 Å². The minimum Gasteiger partial charge on any atom is -0.489 e. The van der Waals surface area contributed by atoms with Crippen molar-refractivity contribution in [3.63, 3.8) is 0 Å². The van der Waals surface area contributed by atoms with E-state index in [9.17, 15) is 0 Å². The zero-order valence-electron chi connectivity index (χ0n) is 10.3. The highest BCUT2D eigenvalue weighted by molar-refractivity contribution is 5.28. The van der Waals surface area contributed by atoms with E-state index in [0.29, 0.717) is 12.7 Å². The highest BCUT2D eigenvalue weighted by Gasteiger charge is 2.18. The molecule has 1 saturated heterocycles. The Morgan fingerprint density at radius 3 is 3.12 bits per heavy atom. The second kappa shape index (κ2) is 6.00. The van der Waals surface area contributed by atoms with Crippen LogP contribution in [0.2, 0.25) is 0 Å². The first kappa shape index (κ1) is 12.4. The predicted molar refractivity (Wildman–Crippen MR) is 66.6 cm³/mol. The molecule has 0 amide bonds. The van der Waals surface area contributed by atoms with Gasteiger partial charge in [0.2, 0.25) is 0 Å². The SMILES string of the molecule is CN1CCCC(Oc2cccc(CON)c2)C1. The van der Waals surface area contributed by atoms with E-state index in [1.165, 1.54) is 13.0 Å². The van der Waals surface area contributed by atoms with Crippen molar-refractivity contribution in [2.75, 3.05) is 20.1 Å². The maximum Gasteiger partial charge on any atom is 0.120 e. The van der Waals surface area contributed by atoms with Crippen LogP contribution >= 0.6 is 0 Å². The van der Waals surface area contributed by atoms with Crippen molar-refractivity contribution in [3.8, 4) is 5.75 Å². The van der Waals surface area contributed by atoms with Crippen LogP contribution in [0.1, 0.15) is 18.4 Å². The molecule has 2 rings (SSSR count). The minimum absolute atomic E-state index is 0.294. The predicted octanol–water partition coefficient (Wildman–Crippen LogP) is 1.55. The number of hydrogen-bond acceptors (Lipinski definition) is 4. The molecule has 17 heavy (non-hydrogen) atoms. The Balaban J connectivity index is 1.95. The topological polar surface area (TPSA) is 47.7 Å². The van der Waals surface area contributed by atoms with E-state index < -0.39 is 0 Å². The molecule has 4 heteroatoms. The van der Waals surface area contributed by atoms with E-state index in [1.807, 2.05) is 24.3 Å². The molecule has 4 nitrogen and oxygen atoms in total. The molecule has 1 atom stereocenters. The summed E-state index contributed by atoms with van der Waals surface area (Å²) in [5.74, 6) is 5.97. The van der Waals surface area contributed by atoms with Gasteiger partial charge in [-0.1, -0.05) is 12.1 Å². The van der Waals surface area contributed by atoms with Crippen molar-refractivity contribution in [2.24, 2.45) is 5.90 Å². The molecule has 1 aromatic rings. The molecular weight excluding hydrogens is 216 g/mol. The third kappa shape index (κ3) is 3.70. The molecule has 0 radical (unpaired) electrons. The summed E-state index contributed by atoms with van der Waals surface area (Å²) < 4.78 is 5.97. The van der Waals surface area contributed by atoms with Gasteiger partial charge in [-0.25, -0.2) is 5.90 Å². The summed E-state index contributed by atoms with van der Waals surface area (Å²) in [6.45, 7) is 2.58. The first-order valence-electron chi connectivity index (χ1n) is 6.04. The van der Waals surface area contributed by atoms with Crippen LogP contribution < -0.4 is 10.6 Å². The molecule has 94 valence electrons. The Hall–Kier alpha value is -1.10. The van der Waals surface area contributed by atoms with Gasteiger partial charge in [0.05, 0.1) is 6.61 Å². The lowest BCUT2D eigenvalue weighted by Gasteiger charge is -2.30. The van der Waals surface area contributed by atoms with Gasteiger partial charge < -0.3 is 9.64 Å². The lowest BCUT2D eigenvalue weighted by Crippen LogP contribution is -2.38. The monoisotopic (exact) mass is 236 g/mol. The average molecular weight is 236 g/mol. The Bertz CT molecular complexity index is 357. The molecule has 0 aromatic heterocycles. The van der Waals surface area contributed by atoms with Crippen molar-refractivity contribution >= 4 is 0 Å². The molecule has 0 bridgehead atoms. The lowest BCUT2D eigenvalue weighted by molar-refractivity contribution is 0.103. The van der Waals surface area contributed by atoms with Crippen LogP contribution in [0, 0.1) is 0 Å². The smallest absolute Gasteiger partial charge is 0.120 e. The molecule has 1 aliphatic rings. The minimum atomic E-state index is 0.294. The van der Waals surface area contributed by atoms with Crippen molar-refractivity contribution in [1.29, 1.82) is 0 Å². The number of benzene rings is 1. The molecule has 1 aliphatic heterocycles. The maximum atomic E-state index is 5.97. The van der Waals surface area contributed by atoms with Crippen LogP contribution in [0.15, 0.2) is 24.3 Å². The van der Waals surface area contributed by atoms with Gasteiger partial charge in [-0.2, -0.15) is 0 Å². The van der Waals surface area contributed by atoms with Gasteiger partial charge in [-0.15, -0.1) is 0 Å². The summed E-state index contributed by atoms with van der Waals surface area (Å²) in [4.78, 5) is 6.93. The molecule has 1 aromatic carbocycles. The first-order valence-corrected chi connectivity index (χ1v) is 6.04.